The maximum atomic E-state index is 12.5. The Kier molecular flexibility index (Phi) is 5.74. The van der Waals surface area contributed by atoms with Gasteiger partial charge in [-0.1, -0.05) is 22.0 Å². The number of anilines is 1. The minimum absolute atomic E-state index is 0.0448. The highest BCUT2D eigenvalue weighted by Gasteiger charge is 2.19. The Bertz CT molecular complexity index is 835. The van der Waals surface area contributed by atoms with Crippen LogP contribution in [0.15, 0.2) is 45.3 Å². The molecule has 0 aliphatic heterocycles. The van der Waals surface area contributed by atoms with E-state index in [4.69, 9.17) is 9.84 Å². The SMILES string of the molecule is CC(=O)Oc1c(Br)cc(Br)cc1C(=O)Nc1cccc(C(=O)O)c1. The Balaban J connectivity index is 2.37. The van der Waals surface area contributed by atoms with Crippen LogP contribution in [0, 0.1) is 0 Å². The zero-order valence-corrected chi connectivity index (χ0v) is 15.5. The van der Waals surface area contributed by atoms with Crippen LogP contribution in [0.3, 0.4) is 0 Å². The Morgan fingerprint density at radius 1 is 1.12 bits per heavy atom. The van der Waals surface area contributed by atoms with E-state index in [-0.39, 0.29) is 16.9 Å². The van der Waals surface area contributed by atoms with Crippen LogP contribution in [0.5, 0.6) is 5.75 Å². The van der Waals surface area contributed by atoms with E-state index in [1.54, 1.807) is 12.1 Å². The first kappa shape index (κ1) is 18.2. The number of hydrogen-bond donors (Lipinski definition) is 2. The summed E-state index contributed by atoms with van der Waals surface area (Å²) in [7, 11) is 0. The number of rotatable bonds is 4. The Hall–Kier alpha value is -2.19. The number of carboxylic acids is 1. The van der Waals surface area contributed by atoms with Crippen molar-refractivity contribution in [2.24, 2.45) is 0 Å². The van der Waals surface area contributed by atoms with Gasteiger partial charge in [-0.05, 0) is 46.3 Å². The number of carboxylic acid groups (broad SMARTS) is 1. The van der Waals surface area contributed by atoms with Crippen molar-refractivity contribution in [1.82, 2.24) is 0 Å². The number of ether oxygens (including phenoxy) is 1. The van der Waals surface area contributed by atoms with Gasteiger partial charge in [-0.3, -0.25) is 9.59 Å². The molecule has 0 spiro atoms. The molecule has 2 aromatic carbocycles. The third-order valence-corrected chi connectivity index (χ3v) is 3.91. The molecule has 1 amide bonds. The molecule has 0 fully saturated rings. The second-order valence-electron chi connectivity index (χ2n) is 4.70. The molecular formula is C16H11Br2NO5. The number of nitrogens with one attached hydrogen (secondary N) is 1. The lowest BCUT2D eigenvalue weighted by atomic mass is 10.1. The molecule has 0 radical (unpaired) electrons. The highest BCUT2D eigenvalue weighted by atomic mass is 79.9. The molecule has 2 rings (SSSR count). The van der Waals surface area contributed by atoms with Gasteiger partial charge in [-0.2, -0.15) is 0 Å². The summed E-state index contributed by atoms with van der Waals surface area (Å²) in [6.45, 7) is 1.23. The molecule has 24 heavy (non-hydrogen) atoms. The number of aromatic carboxylic acids is 1. The smallest absolute Gasteiger partial charge is 0.335 e. The lowest BCUT2D eigenvalue weighted by Gasteiger charge is -2.12. The van der Waals surface area contributed by atoms with Crippen molar-refractivity contribution in [1.29, 1.82) is 0 Å². The minimum atomic E-state index is -1.10. The Morgan fingerprint density at radius 3 is 2.46 bits per heavy atom. The van der Waals surface area contributed by atoms with Gasteiger partial charge in [0.1, 0.15) is 0 Å². The number of esters is 1. The number of benzene rings is 2. The monoisotopic (exact) mass is 455 g/mol. The number of amides is 1. The maximum Gasteiger partial charge on any atom is 0.335 e. The molecule has 2 aromatic rings. The fourth-order valence-electron chi connectivity index (χ4n) is 1.90. The van der Waals surface area contributed by atoms with E-state index in [0.29, 0.717) is 14.6 Å². The van der Waals surface area contributed by atoms with E-state index in [9.17, 15) is 14.4 Å². The molecule has 0 atom stereocenters. The summed E-state index contributed by atoms with van der Waals surface area (Å²) in [5, 5.41) is 11.6. The number of carbonyl (C=O) groups excluding carboxylic acids is 2. The average molecular weight is 457 g/mol. The van der Waals surface area contributed by atoms with Gasteiger partial charge in [-0.25, -0.2) is 4.79 Å². The first-order chi connectivity index (χ1) is 11.3. The first-order valence-electron chi connectivity index (χ1n) is 6.60. The molecule has 0 saturated heterocycles. The zero-order valence-electron chi connectivity index (χ0n) is 12.3. The van der Waals surface area contributed by atoms with Gasteiger partial charge in [0.15, 0.2) is 5.75 Å². The molecule has 0 aliphatic rings. The molecule has 0 heterocycles. The highest BCUT2D eigenvalue weighted by Crippen LogP contribution is 2.33. The van der Waals surface area contributed by atoms with Gasteiger partial charge in [0.25, 0.3) is 5.91 Å². The number of hydrogen-bond acceptors (Lipinski definition) is 4. The van der Waals surface area contributed by atoms with Crippen molar-refractivity contribution in [3.8, 4) is 5.75 Å². The molecular weight excluding hydrogens is 446 g/mol. The predicted octanol–water partition coefficient (Wildman–Crippen LogP) is 4.09. The van der Waals surface area contributed by atoms with E-state index in [0.717, 1.165) is 0 Å². The van der Waals surface area contributed by atoms with Crippen LogP contribution < -0.4 is 10.1 Å². The molecule has 0 aromatic heterocycles. The van der Waals surface area contributed by atoms with Crippen LogP contribution >= 0.6 is 31.9 Å². The molecule has 2 N–H and O–H groups in total. The van der Waals surface area contributed by atoms with Gasteiger partial charge in [-0.15, -0.1) is 0 Å². The molecule has 0 saturated carbocycles. The zero-order chi connectivity index (χ0) is 17.9. The van der Waals surface area contributed by atoms with Crippen LogP contribution in [0.1, 0.15) is 27.6 Å². The van der Waals surface area contributed by atoms with Gasteiger partial charge >= 0.3 is 11.9 Å². The van der Waals surface area contributed by atoms with Crippen molar-refractivity contribution < 1.29 is 24.2 Å². The molecule has 124 valence electrons. The summed E-state index contributed by atoms with van der Waals surface area (Å²) in [5.41, 5.74) is 0.473. The van der Waals surface area contributed by atoms with Gasteiger partial charge < -0.3 is 15.2 Å². The van der Waals surface area contributed by atoms with Gasteiger partial charge in [0.2, 0.25) is 0 Å². The molecule has 0 bridgehead atoms. The summed E-state index contributed by atoms with van der Waals surface area (Å²) in [6.07, 6.45) is 0. The van der Waals surface area contributed by atoms with Gasteiger partial charge in [0.05, 0.1) is 15.6 Å². The normalized spacial score (nSPS) is 10.1. The van der Waals surface area contributed by atoms with Crippen LogP contribution in [0.2, 0.25) is 0 Å². The fraction of sp³-hybridized carbons (Fsp3) is 0.0625. The second-order valence-corrected chi connectivity index (χ2v) is 6.47. The lowest BCUT2D eigenvalue weighted by molar-refractivity contribution is -0.131. The lowest BCUT2D eigenvalue weighted by Crippen LogP contribution is -2.15. The Morgan fingerprint density at radius 2 is 1.83 bits per heavy atom. The van der Waals surface area contributed by atoms with Crippen LogP contribution in [0.4, 0.5) is 5.69 Å². The molecule has 0 unspecified atom stereocenters. The minimum Gasteiger partial charge on any atom is -0.478 e. The molecule has 0 aliphatic carbocycles. The summed E-state index contributed by atoms with van der Waals surface area (Å²) < 4.78 is 6.12. The van der Waals surface area contributed by atoms with Crippen LogP contribution in [-0.2, 0) is 4.79 Å². The summed E-state index contributed by atoms with van der Waals surface area (Å²) in [4.78, 5) is 34.8. The summed E-state index contributed by atoms with van der Waals surface area (Å²) in [6, 6.07) is 8.96. The van der Waals surface area contributed by atoms with Crippen molar-refractivity contribution in [2.75, 3.05) is 5.32 Å². The maximum absolute atomic E-state index is 12.5. The van der Waals surface area contributed by atoms with Crippen molar-refractivity contribution >= 4 is 55.4 Å². The van der Waals surface area contributed by atoms with Crippen LogP contribution in [0.25, 0.3) is 0 Å². The third-order valence-electron chi connectivity index (χ3n) is 2.87. The van der Waals surface area contributed by atoms with Crippen LogP contribution in [-0.4, -0.2) is 23.0 Å². The average Bonchev–Trinajstić information content (AvgIpc) is 2.49. The van der Waals surface area contributed by atoms with Gasteiger partial charge in [0, 0.05) is 17.1 Å². The van der Waals surface area contributed by atoms with Crippen molar-refractivity contribution in [2.45, 2.75) is 6.92 Å². The summed E-state index contributed by atoms with van der Waals surface area (Å²) >= 11 is 6.52. The largest absolute Gasteiger partial charge is 0.478 e. The topological polar surface area (TPSA) is 92.7 Å². The fourth-order valence-corrected chi connectivity index (χ4v) is 3.21. The number of halogens is 2. The Labute approximate surface area is 154 Å². The second kappa shape index (κ2) is 7.59. The first-order valence-corrected chi connectivity index (χ1v) is 8.18. The van der Waals surface area contributed by atoms with E-state index in [2.05, 4.69) is 37.2 Å². The number of carbonyl (C=O) groups is 3. The van der Waals surface area contributed by atoms with E-state index >= 15 is 0 Å². The van der Waals surface area contributed by atoms with Crippen molar-refractivity contribution in [3.05, 3.63) is 56.5 Å². The van der Waals surface area contributed by atoms with E-state index < -0.39 is 17.8 Å². The van der Waals surface area contributed by atoms with Crippen molar-refractivity contribution in [3.63, 3.8) is 0 Å². The molecule has 6 nitrogen and oxygen atoms in total. The quantitative estimate of drug-likeness (QED) is 0.534. The van der Waals surface area contributed by atoms with E-state index in [1.807, 2.05) is 0 Å². The highest BCUT2D eigenvalue weighted by molar-refractivity contribution is 9.11. The molecule has 8 heteroatoms. The third kappa shape index (κ3) is 4.42. The summed E-state index contributed by atoms with van der Waals surface area (Å²) in [5.74, 6) is -2.13. The van der Waals surface area contributed by atoms with E-state index in [1.165, 1.54) is 31.2 Å². The standard InChI is InChI=1S/C16H11Br2NO5/c1-8(20)24-14-12(6-10(17)7-13(14)18)15(21)19-11-4-2-3-9(5-11)16(22)23/h2-7H,1H3,(H,19,21)(H,22,23). The predicted molar refractivity (Wildman–Crippen MR) is 94.5 cm³/mol.